The lowest BCUT2D eigenvalue weighted by molar-refractivity contribution is -0.128. The Balaban J connectivity index is 2.49. The summed E-state index contributed by atoms with van der Waals surface area (Å²) in [5.74, 6) is 0.732. The number of hydrogen-bond donors (Lipinski definition) is 2. The normalized spacial score (nSPS) is 19.1. The molecule has 2 N–H and O–H groups in total. The van der Waals surface area contributed by atoms with Gasteiger partial charge in [0, 0.05) is 13.2 Å². The number of aliphatic hydroxyl groups excluding tert-OH is 1. The highest BCUT2D eigenvalue weighted by Gasteiger charge is 2.41. The monoisotopic (exact) mass is 266 g/mol. The summed E-state index contributed by atoms with van der Waals surface area (Å²) >= 11 is 0. The number of aliphatic hydroxyl groups is 1. The predicted molar refractivity (Wildman–Crippen MR) is 74.2 cm³/mol. The molecule has 0 spiro atoms. The lowest BCUT2D eigenvalue weighted by Crippen LogP contribution is -2.40. The zero-order valence-electron chi connectivity index (χ0n) is 12.1. The van der Waals surface area contributed by atoms with E-state index in [0.29, 0.717) is 37.6 Å². The van der Waals surface area contributed by atoms with Gasteiger partial charge in [0.05, 0.1) is 6.07 Å². The zero-order chi connectivity index (χ0) is 14.3. The lowest BCUT2D eigenvalue weighted by atomic mass is 9.86. The molecular formula is C15H26N2O2. The highest BCUT2D eigenvalue weighted by Crippen LogP contribution is 2.37. The van der Waals surface area contributed by atoms with Crippen LogP contribution in [0.3, 0.4) is 0 Å². The van der Waals surface area contributed by atoms with Crippen molar-refractivity contribution >= 4 is 5.91 Å². The van der Waals surface area contributed by atoms with E-state index in [1.807, 2.05) is 0 Å². The molecule has 4 heteroatoms. The fourth-order valence-electron chi connectivity index (χ4n) is 2.93. The van der Waals surface area contributed by atoms with E-state index in [-0.39, 0.29) is 12.5 Å². The van der Waals surface area contributed by atoms with Crippen LogP contribution < -0.4 is 5.32 Å². The van der Waals surface area contributed by atoms with Crippen molar-refractivity contribution in [3.63, 3.8) is 0 Å². The minimum absolute atomic E-state index is 0.112. The van der Waals surface area contributed by atoms with Crippen LogP contribution in [0.2, 0.25) is 0 Å². The van der Waals surface area contributed by atoms with Crippen LogP contribution in [-0.2, 0) is 4.79 Å². The first kappa shape index (κ1) is 16.0. The summed E-state index contributed by atoms with van der Waals surface area (Å²) in [5.41, 5.74) is -0.790. The molecule has 1 fully saturated rings. The van der Waals surface area contributed by atoms with E-state index in [0.717, 1.165) is 19.3 Å². The van der Waals surface area contributed by atoms with Gasteiger partial charge in [0.2, 0.25) is 5.91 Å². The number of hydrogen-bond acceptors (Lipinski definition) is 3. The Hall–Kier alpha value is -1.08. The van der Waals surface area contributed by atoms with Gasteiger partial charge in [0.1, 0.15) is 5.41 Å². The van der Waals surface area contributed by atoms with Crippen molar-refractivity contribution in [3.8, 4) is 6.07 Å². The van der Waals surface area contributed by atoms with Gasteiger partial charge in [0.25, 0.3) is 0 Å². The fraction of sp³-hybridized carbons (Fsp3) is 0.867. The number of nitriles is 1. The third-order valence-corrected chi connectivity index (χ3v) is 4.00. The Bertz CT molecular complexity index is 328. The summed E-state index contributed by atoms with van der Waals surface area (Å²) in [6.45, 7) is 5.00. The van der Waals surface area contributed by atoms with Crippen LogP contribution in [0, 0.1) is 28.6 Å². The first-order valence-corrected chi connectivity index (χ1v) is 7.34. The van der Waals surface area contributed by atoms with Crippen molar-refractivity contribution in [1.29, 1.82) is 5.26 Å². The number of carbonyl (C=O) groups is 1. The molecule has 0 aromatic heterocycles. The van der Waals surface area contributed by atoms with E-state index in [1.165, 1.54) is 0 Å². The number of nitrogens with one attached hydrogen (secondary N) is 1. The van der Waals surface area contributed by atoms with Gasteiger partial charge in [0.15, 0.2) is 0 Å². The molecule has 1 saturated carbocycles. The lowest BCUT2D eigenvalue weighted by Gasteiger charge is -2.23. The van der Waals surface area contributed by atoms with Gasteiger partial charge in [-0.15, -0.1) is 0 Å². The van der Waals surface area contributed by atoms with E-state index in [2.05, 4.69) is 25.2 Å². The number of nitrogens with zero attached hydrogens (tertiary/aromatic N) is 1. The van der Waals surface area contributed by atoms with Crippen molar-refractivity contribution < 1.29 is 9.90 Å². The van der Waals surface area contributed by atoms with Gasteiger partial charge in [-0.3, -0.25) is 4.79 Å². The van der Waals surface area contributed by atoms with Gasteiger partial charge in [-0.05, 0) is 37.5 Å². The summed E-state index contributed by atoms with van der Waals surface area (Å²) in [6.07, 6.45) is 4.99. The average molecular weight is 266 g/mol. The van der Waals surface area contributed by atoms with Crippen LogP contribution in [0.4, 0.5) is 0 Å². The molecule has 0 heterocycles. The van der Waals surface area contributed by atoms with Crippen molar-refractivity contribution in [3.05, 3.63) is 0 Å². The van der Waals surface area contributed by atoms with E-state index in [4.69, 9.17) is 5.11 Å². The van der Waals surface area contributed by atoms with E-state index < -0.39 is 5.41 Å². The molecule has 1 aliphatic carbocycles. The van der Waals surface area contributed by atoms with Gasteiger partial charge < -0.3 is 10.4 Å². The van der Waals surface area contributed by atoms with Crippen LogP contribution in [-0.4, -0.2) is 24.2 Å². The van der Waals surface area contributed by atoms with E-state index >= 15 is 0 Å². The summed E-state index contributed by atoms with van der Waals surface area (Å²) in [7, 11) is 0. The number of carbonyl (C=O) groups excluding carboxylic acids is 1. The van der Waals surface area contributed by atoms with Crippen LogP contribution in [0.15, 0.2) is 0 Å². The van der Waals surface area contributed by atoms with E-state index in [9.17, 15) is 10.1 Å². The second kappa shape index (κ2) is 7.49. The summed E-state index contributed by atoms with van der Waals surface area (Å²) in [5, 5.41) is 21.2. The summed E-state index contributed by atoms with van der Waals surface area (Å²) < 4.78 is 0. The largest absolute Gasteiger partial charge is 0.396 e. The molecule has 0 bridgehead atoms. The van der Waals surface area contributed by atoms with Crippen molar-refractivity contribution in [2.24, 2.45) is 17.3 Å². The van der Waals surface area contributed by atoms with Crippen molar-refractivity contribution in [1.82, 2.24) is 5.32 Å². The summed E-state index contributed by atoms with van der Waals surface area (Å²) in [6, 6.07) is 2.21. The first-order chi connectivity index (χ1) is 9.04. The molecule has 1 atom stereocenters. The quantitative estimate of drug-likeness (QED) is 0.742. The highest BCUT2D eigenvalue weighted by atomic mass is 16.3. The molecule has 0 unspecified atom stereocenters. The average Bonchev–Trinajstić information content (AvgIpc) is 2.85. The predicted octanol–water partition coefficient (Wildman–Crippen LogP) is 2.23. The molecule has 19 heavy (non-hydrogen) atoms. The number of amides is 1. The molecular weight excluding hydrogens is 240 g/mol. The Morgan fingerprint density at radius 2 is 2.05 bits per heavy atom. The maximum absolute atomic E-state index is 12.2. The molecule has 4 nitrogen and oxygen atoms in total. The highest BCUT2D eigenvalue weighted by molar-refractivity contribution is 5.85. The maximum atomic E-state index is 12.2. The maximum Gasteiger partial charge on any atom is 0.240 e. The zero-order valence-corrected chi connectivity index (χ0v) is 12.1. The van der Waals surface area contributed by atoms with Crippen LogP contribution in [0.1, 0.15) is 52.4 Å². The second-order valence-corrected chi connectivity index (χ2v) is 6.12. The molecule has 108 valence electrons. The van der Waals surface area contributed by atoms with Gasteiger partial charge in [-0.1, -0.05) is 26.7 Å². The van der Waals surface area contributed by atoms with Crippen molar-refractivity contribution in [2.45, 2.75) is 52.4 Å². The molecule has 0 aromatic carbocycles. The van der Waals surface area contributed by atoms with Crippen LogP contribution >= 0.6 is 0 Å². The van der Waals surface area contributed by atoms with Gasteiger partial charge in [-0.2, -0.15) is 5.26 Å². The topological polar surface area (TPSA) is 73.1 Å². The molecule has 1 aliphatic rings. The Labute approximate surface area is 116 Å². The molecule has 0 aliphatic heterocycles. The third-order valence-electron chi connectivity index (χ3n) is 4.00. The Kier molecular flexibility index (Phi) is 6.30. The molecule has 0 radical (unpaired) electrons. The van der Waals surface area contributed by atoms with Gasteiger partial charge in [-0.25, -0.2) is 0 Å². The van der Waals surface area contributed by atoms with E-state index in [1.54, 1.807) is 0 Å². The smallest absolute Gasteiger partial charge is 0.240 e. The standard InChI is InChI=1S/C15H26N2O2/c1-12(2)9-13(5-8-18)10-17-14(19)15(11-16)6-3-4-7-15/h12-13,18H,3-10H2,1-2H3,(H,17,19)/t13-/m1/s1. The second-order valence-electron chi connectivity index (χ2n) is 6.12. The Morgan fingerprint density at radius 3 is 2.53 bits per heavy atom. The molecule has 1 amide bonds. The minimum Gasteiger partial charge on any atom is -0.396 e. The van der Waals surface area contributed by atoms with Crippen LogP contribution in [0.5, 0.6) is 0 Å². The van der Waals surface area contributed by atoms with Crippen LogP contribution in [0.25, 0.3) is 0 Å². The SMILES string of the molecule is CC(C)C[C@@H](CCO)CNC(=O)C1(C#N)CCCC1. The molecule has 0 aromatic rings. The number of rotatable bonds is 7. The first-order valence-electron chi connectivity index (χ1n) is 7.34. The molecule has 0 saturated heterocycles. The molecule has 1 rings (SSSR count). The van der Waals surface area contributed by atoms with Crippen molar-refractivity contribution in [2.75, 3.05) is 13.2 Å². The Morgan fingerprint density at radius 1 is 1.42 bits per heavy atom. The van der Waals surface area contributed by atoms with Gasteiger partial charge >= 0.3 is 0 Å². The summed E-state index contributed by atoms with van der Waals surface area (Å²) in [4.78, 5) is 12.2. The fourth-order valence-corrected chi connectivity index (χ4v) is 2.93. The third kappa shape index (κ3) is 4.50. The minimum atomic E-state index is -0.790.